The van der Waals surface area contributed by atoms with Crippen LogP contribution in [0, 0.1) is 5.82 Å². The van der Waals surface area contributed by atoms with Crippen LogP contribution in [-0.4, -0.2) is 37.0 Å². The van der Waals surface area contributed by atoms with Gasteiger partial charge in [0.25, 0.3) is 0 Å². The van der Waals surface area contributed by atoms with Gasteiger partial charge in [-0.3, -0.25) is 4.79 Å². The molecule has 3 rings (SSSR count). The van der Waals surface area contributed by atoms with Gasteiger partial charge < -0.3 is 15.0 Å². The van der Waals surface area contributed by atoms with Gasteiger partial charge in [0.1, 0.15) is 17.7 Å². The SMILES string of the molecule is CN1CCC(Oc2ccc(NC(=O)Cc3ccccc3F)cc2)CC1. The zero-order chi connectivity index (χ0) is 17.6. The molecule has 25 heavy (non-hydrogen) atoms. The minimum Gasteiger partial charge on any atom is -0.490 e. The summed E-state index contributed by atoms with van der Waals surface area (Å²) in [6.45, 7) is 2.10. The van der Waals surface area contributed by atoms with Crippen molar-refractivity contribution in [2.24, 2.45) is 0 Å². The molecule has 0 atom stereocenters. The van der Waals surface area contributed by atoms with E-state index in [-0.39, 0.29) is 24.2 Å². The van der Waals surface area contributed by atoms with Gasteiger partial charge in [-0.2, -0.15) is 0 Å². The van der Waals surface area contributed by atoms with Gasteiger partial charge in [-0.1, -0.05) is 18.2 Å². The smallest absolute Gasteiger partial charge is 0.228 e. The predicted molar refractivity (Wildman–Crippen MR) is 96.3 cm³/mol. The second-order valence-electron chi connectivity index (χ2n) is 6.46. The highest BCUT2D eigenvalue weighted by Crippen LogP contribution is 2.21. The fourth-order valence-electron chi connectivity index (χ4n) is 2.93. The number of hydrogen-bond donors (Lipinski definition) is 1. The van der Waals surface area contributed by atoms with Crippen LogP contribution in [0.1, 0.15) is 18.4 Å². The lowest BCUT2D eigenvalue weighted by Gasteiger charge is -2.29. The molecule has 1 amide bonds. The highest BCUT2D eigenvalue weighted by Gasteiger charge is 2.18. The van der Waals surface area contributed by atoms with Crippen LogP contribution in [0.5, 0.6) is 5.75 Å². The number of rotatable bonds is 5. The molecule has 1 fully saturated rings. The first-order valence-corrected chi connectivity index (χ1v) is 8.58. The van der Waals surface area contributed by atoms with Gasteiger partial charge in [0.05, 0.1) is 6.42 Å². The zero-order valence-electron chi connectivity index (χ0n) is 14.4. The summed E-state index contributed by atoms with van der Waals surface area (Å²) in [6.07, 6.45) is 2.31. The Morgan fingerprint density at radius 1 is 1.16 bits per heavy atom. The molecule has 5 heteroatoms. The Labute approximate surface area is 147 Å². The third kappa shape index (κ3) is 5.03. The summed E-state index contributed by atoms with van der Waals surface area (Å²) in [5.41, 5.74) is 1.07. The van der Waals surface area contributed by atoms with Crippen LogP contribution in [0.3, 0.4) is 0 Å². The lowest BCUT2D eigenvalue weighted by molar-refractivity contribution is -0.115. The van der Waals surface area contributed by atoms with E-state index in [4.69, 9.17) is 4.74 Å². The van der Waals surface area contributed by atoms with Gasteiger partial charge in [-0.25, -0.2) is 4.39 Å². The molecule has 0 unspecified atom stereocenters. The Balaban J connectivity index is 1.52. The van der Waals surface area contributed by atoms with Crippen LogP contribution in [0.15, 0.2) is 48.5 Å². The number of anilines is 1. The monoisotopic (exact) mass is 342 g/mol. The summed E-state index contributed by atoms with van der Waals surface area (Å²) in [7, 11) is 2.12. The second kappa shape index (κ2) is 8.12. The summed E-state index contributed by atoms with van der Waals surface area (Å²) in [5.74, 6) is 0.204. The van der Waals surface area contributed by atoms with Crippen molar-refractivity contribution in [3.05, 3.63) is 59.9 Å². The van der Waals surface area contributed by atoms with Gasteiger partial charge in [-0.15, -0.1) is 0 Å². The fourth-order valence-corrected chi connectivity index (χ4v) is 2.93. The number of amides is 1. The van der Waals surface area contributed by atoms with Crippen molar-refractivity contribution in [3.8, 4) is 5.75 Å². The van der Waals surface area contributed by atoms with Crippen molar-refractivity contribution in [1.82, 2.24) is 4.90 Å². The van der Waals surface area contributed by atoms with E-state index in [2.05, 4.69) is 17.3 Å². The first kappa shape index (κ1) is 17.4. The van der Waals surface area contributed by atoms with Crippen LogP contribution < -0.4 is 10.1 Å². The van der Waals surface area contributed by atoms with Crippen molar-refractivity contribution < 1.29 is 13.9 Å². The number of halogens is 1. The van der Waals surface area contributed by atoms with Crippen LogP contribution in [0.2, 0.25) is 0 Å². The molecular formula is C20H23FN2O2. The van der Waals surface area contributed by atoms with Gasteiger partial charge in [0, 0.05) is 18.8 Å². The molecule has 2 aromatic rings. The van der Waals surface area contributed by atoms with Crippen molar-refractivity contribution in [1.29, 1.82) is 0 Å². The number of nitrogens with zero attached hydrogens (tertiary/aromatic N) is 1. The van der Waals surface area contributed by atoms with Crippen molar-refractivity contribution in [2.45, 2.75) is 25.4 Å². The molecule has 0 bridgehead atoms. The zero-order valence-corrected chi connectivity index (χ0v) is 14.4. The number of benzene rings is 2. The number of likely N-dealkylation sites (tertiary alicyclic amines) is 1. The molecule has 4 nitrogen and oxygen atoms in total. The quantitative estimate of drug-likeness (QED) is 0.904. The van der Waals surface area contributed by atoms with E-state index in [1.807, 2.05) is 24.3 Å². The Kier molecular flexibility index (Phi) is 5.66. The molecule has 132 valence electrons. The standard InChI is InChI=1S/C20H23FN2O2/c1-23-12-10-18(11-13-23)25-17-8-6-16(7-9-17)22-20(24)14-15-4-2-3-5-19(15)21/h2-9,18H,10-14H2,1H3,(H,22,24). The number of carbonyl (C=O) groups excluding carboxylic acids is 1. The lowest BCUT2D eigenvalue weighted by Crippen LogP contribution is -2.35. The number of carbonyl (C=O) groups is 1. The van der Waals surface area contributed by atoms with Crippen molar-refractivity contribution >= 4 is 11.6 Å². The maximum atomic E-state index is 13.6. The minimum absolute atomic E-state index is 0.0144. The van der Waals surface area contributed by atoms with Gasteiger partial charge in [0.2, 0.25) is 5.91 Å². The molecule has 1 saturated heterocycles. The molecule has 1 heterocycles. The number of hydrogen-bond acceptors (Lipinski definition) is 3. The van der Waals surface area contributed by atoms with E-state index in [1.165, 1.54) is 6.07 Å². The number of ether oxygens (including phenoxy) is 1. The van der Waals surface area contributed by atoms with Gasteiger partial charge in [-0.05, 0) is 55.8 Å². The maximum Gasteiger partial charge on any atom is 0.228 e. The summed E-state index contributed by atoms with van der Waals surface area (Å²) >= 11 is 0. The predicted octanol–water partition coefficient (Wildman–Crippen LogP) is 3.48. The first-order valence-electron chi connectivity index (χ1n) is 8.58. The highest BCUT2D eigenvalue weighted by atomic mass is 19.1. The molecule has 2 aromatic carbocycles. The van der Waals surface area contributed by atoms with Gasteiger partial charge in [0.15, 0.2) is 0 Å². The molecule has 0 saturated carbocycles. The minimum atomic E-state index is -0.362. The van der Waals surface area contributed by atoms with E-state index in [0.717, 1.165) is 31.7 Å². The van der Waals surface area contributed by atoms with E-state index in [0.29, 0.717) is 11.3 Å². The molecular weight excluding hydrogens is 319 g/mol. The number of nitrogens with one attached hydrogen (secondary N) is 1. The van der Waals surface area contributed by atoms with Crippen LogP contribution in [0.4, 0.5) is 10.1 Å². The van der Waals surface area contributed by atoms with Crippen molar-refractivity contribution in [3.63, 3.8) is 0 Å². The summed E-state index contributed by atoms with van der Waals surface area (Å²) in [6, 6.07) is 13.6. The molecule has 0 radical (unpaired) electrons. The molecule has 1 aliphatic rings. The molecule has 0 aromatic heterocycles. The summed E-state index contributed by atoms with van der Waals surface area (Å²) < 4.78 is 19.6. The molecule has 0 aliphatic carbocycles. The van der Waals surface area contributed by atoms with E-state index < -0.39 is 0 Å². The van der Waals surface area contributed by atoms with Gasteiger partial charge >= 0.3 is 0 Å². The van der Waals surface area contributed by atoms with Crippen LogP contribution in [-0.2, 0) is 11.2 Å². The molecule has 0 spiro atoms. The highest BCUT2D eigenvalue weighted by molar-refractivity contribution is 5.92. The second-order valence-corrected chi connectivity index (χ2v) is 6.46. The Morgan fingerprint density at radius 2 is 1.84 bits per heavy atom. The first-order chi connectivity index (χ1) is 12.1. The number of piperidine rings is 1. The van der Waals surface area contributed by atoms with E-state index >= 15 is 0 Å². The van der Waals surface area contributed by atoms with Crippen molar-refractivity contribution in [2.75, 3.05) is 25.5 Å². The maximum absolute atomic E-state index is 13.6. The third-order valence-corrected chi connectivity index (χ3v) is 4.42. The summed E-state index contributed by atoms with van der Waals surface area (Å²) in [4.78, 5) is 14.4. The van der Waals surface area contributed by atoms with Crippen LogP contribution in [0.25, 0.3) is 0 Å². The molecule has 1 aliphatic heterocycles. The Morgan fingerprint density at radius 3 is 2.52 bits per heavy atom. The molecule has 1 N–H and O–H groups in total. The van der Waals surface area contributed by atoms with Crippen LogP contribution >= 0.6 is 0 Å². The average Bonchev–Trinajstić information content (AvgIpc) is 2.61. The Bertz CT molecular complexity index is 710. The Hall–Kier alpha value is -2.40. The summed E-state index contributed by atoms with van der Waals surface area (Å²) in [5, 5.41) is 2.79. The lowest BCUT2D eigenvalue weighted by atomic mass is 10.1. The van der Waals surface area contributed by atoms with E-state index in [1.54, 1.807) is 18.2 Å². The third-order valence-electron chi connectivity index (χ3n) is 4.42. The topological polar surface area (TPSA) is 41.6 Å². The fraction of sp³-hybridized carbons (Fsp3) is 0.350. The normalized spacial score (nSPS) is 15.8. The largest absolute Gasteiger partial charge is 0.490 e. The van der Waals surface area contributed by atoms with E-state index in [9.17, 15) is 9.18 Å². The average molecular weight is 342 g/mol.